The predicted molar refractivity (Wildman–Crippen MR) is 107 cm³/mol. The Hall–Kier alpha value is -3.47. The fraction of sp³-hybridized carbons (Fsp3) is 0.136. The summed E-state index contributed by atoms with van der Waals surface area (Å²) in [5, 5.41) is 3.74. The maximum Gasteiger partial charge on any atom is 0.308 e. The number of para-hydroxylation sites is 1. The maximum absolute atomic E-state index is 11.4. The van der Waals surface area contributed by atoms with Gasteiger partial charge in [0.15, 0.2) is 5.75 Å². The Morgan fingerprint density at radius 3 is 2.52 bits per heavy atom. The van der Waals surface area contributed by atoms with Crippen LogP contribution in [0.2, 0.25) is 0 Å². The molecule has 0 saturated carbocycles. The van der Waals surface area contributed by atoms with E-state index in [4.69, 9.17) is 4.74 Å². The average molecular weight is 360 g/mol. The van der Waals surface area contributed by atoms with E-state index in [0.29, 0.717) is 11.3 Å². The Labute approximate surface area is 157 Å². The van der Waals surface area contributed by atoms with Gasteiger partial charge in [0.05, 0.1) is 5.69 Å². The third-order valence-corrected chi connectivity index (χ3v) is 4.02. The standard InChI is InChI=1S/C22H20N2O3/c1-14-8-13-21(27-16(3)26)22-19(14)12-11-18(24-22)10-9-17-6-4-5-7-20(17)23-15(2)25/h4-13H,1-3H3,(H,23,25). The number of ether oxygens (including phenoxy) is 1. The van der Waals surface area contributed by atoms with Gasteiger partial charge in [-0.2, -0.15) is 0 Å². The van der Waals surface area contributed by atoms with E-state index in [0.717, 1.165) is 27.9 Å². The summed E-state index contributed by atoms with van der Waals surface area (Å²) in [6, 6.07) is 15.1. The van der Waals surface area contributed by atoms with Crippen LogP contribution < -0.4 is 10.1 Å². The summed E-state index contributed by atoms with van der Waals surface area (Å²) < 4.78 is 5.29. The molecule has 1 heterocycles. The van der Waals surface area contributed by atoms with E-state index in [-0.39, 0.29) is 11.9 Å². The molecule has 3 rings (SSSR count). The van der Waals surface area contributed by atoms with Gasteiger partial charge >= 0.3 is 5.97 Å². The number of nitrogens with zero attached hydrogens (tertiary/aromatic N) is 1. The molecule has 0 atom stereocenters. The number of pyridine rings is 1. The molecule has 136 valence electrons. The molecular weight excluding hydrogens is 340 g/mol. The quantitative estimate of drug-likeness (QED) is 0.545. The minimum Gasteiger partial charge on any atom is -0.424 e. The summed E-state index contributed by atoms with van der Waals surface area (Å²) in [5.41, 5.74) is 4.03. The second-order valence-corrected chi connectivity index (χ2v) is 6.21. The van der Waals surface area contributed by atoms with Crippen molar-refractivity contribution in [2.24, 2.45) is 0 Å². The molecule has 1 N–H and O–H groups in total. The molecular formula is C22H20N2O3. The van der Waals surface area contributed by atoms with Gasteiger partial charge in [-0.05, 0) is 42.3 Å². The zero-order chi connectivity index (χ0) is 19.4. The second kappa shape index (κ2) is 7.83. The van der Waals surface area contributed by atoms with Crippen molar-refractivity contribution in [3.63, 3.8) is 0 Å². The average Bonchev–Trinajstić information content (AvgIpc) is 2.62. The van der Waals surface area contributed by atoms with Crippen LogP contribution in [0.1, 0.15) is 30.7 Å². The lowest BCUT2D eigenvalue weighted by Gasteiger charge is -2.09. The van der Waals surface area contributed by atoms with Crippen molar-refractivity contribution in [2.45, 2.75) is 20.8 Å². The number of amides is 1. The normalized spacial score (nSPS) is 10.9. The molecule has 0 aliphatic carbocycles. The number of esters is 1. The first-order valence-electron chi connectivity index (χ1n) is 8.57. The zero-order valence-electron chi connectivity index (χ0n) is 15.4. The number of rotatable bonds is 4. The predicted octanol–water partition coefficient (Wildman–Crippen LogP) is 4.60. The minimum atomic E-state index is -0.382. The summed E-state index contributed by atoms with van der Waals surface area (Å²) in [6.07, 6.45) is 3.75. The van der Waals surface area contributed by atoms with Crippen LogP contribution >= 0.6 is 0 Å². The number of carbonyl (C=O) groups excluding carboxylic acids is 2. The molecule has 0 fully saturated rings. The van der Waals surface area contributed by atoms with Gasteiger partial charge in [0.25, 0.3) is 0 Å². The van der Waals surface area contributed by atoms with Crippen LogP contribution in [-0.4, -0.2) is 16.9 Å². The number of anilines is 1. The molecule has 0 aliphatic heterocycles. The van der Waals surface area contributed by atoms with E-state index in [9.17, 15) is 9.59 Å². The van der Waals surface area contributed by atoms with Crippen molar-refractivity contribution in [1.29, 1.82) is 0 Å². The van der Waals surface area contributed by atoms with Crippen molar-refractivity contribution in [1.82, 2.24) is 4.98 Å². The van der Waals surface area contributed by atoms with Crippen LogP contribution in [0, 0.1) is 6.92 Å². The molecule has 2 aromatic carbocycles. The smallest absolute Gasteiger partial charge is 0.308 e. The summed E-state index contributed by atoms with van der Waals surface area (Å²) in [6.45, 7) is 4.83. The highest BCUT2D eigenvalue weighted by atomic mass is 16.5. The summed E-state index contributed by atoms with van der Waals surface area (Å²) in [4.78, 5) is 27.4. The van der Waals surface area contributed by atoms with E-state index >= 15 is 0 Å². The van der Waals surface area contributed by atoms with Crippen LogP contribution in [0.5, 0.6) is 5.75 Å². The highest BCUT2D eigenvalue weighted by molar-refractivity contribution is 5.93. The van der Waals surface area contributed by atoms with Crippen molar-refractivity contribution in [2.75, 3.05) is 5.32 Å². The van der Waals surface area contributed by atoms with E-state index in [1.165, 1.54) is 13.8 Å². The van der Waals surface area contributed by atoms with E-state index in [1.807, 2.05) is 61.5 Å². The highest BCUT2D eigenvalue weighted by Crippen LogP contribution is 2.28. The van der Waals surface area contributed by atoms with Crippen LogP contribution in [0.3, 0.4) is 0 Å². The number of benzene rings is 2. The number of nitrogens with one attached hydrogen (secondary N) is 1. The molecule has 5 heteroatoms. The molecule has 0 unspecified atom stereocenters. The van der Waals surface area contributed by atoms with Gasteiger partial charge in [0.1, 0.15) is 5.52 Å². The second-order valence-electron chi connectivity index (χ2n) is 6.21. The third kappa shape index (κ3) is 4.39. The van der Waals surface area contributed by atoms with Crippen LogP contribution in [-0.2, 0) is 9.59 Å². The van der Waals surface area contributed by atoms with Gasteiger partial charge in [-0.15, -0.1) is 0 Å². The molecule has 0 bridgehead atoms. The Morgan fingerprint density at radius 1 is 1.00 bits per heavy atom. The molecule has 1 amide bonds. The molecule has 0 aliphatic rings. The highest BCUT2D eigenvalue weighted by Gasteiger charge is 2.09. The number of fused-ring (bicyclic) bond motifs is 1. The first kappa shape index (κ1) is 18.3. The largest absolute Gasteiger partial charge is 0.424 e. The van der Waals surface area contributed by atoms with Gasteiger partial charge in [-0.3, -0.25) is 9.59 Å². The van der Waals surface area contributed by atoms with E-state index in [1.54, 1.807) is 6.07 Å². The first-order chi connectivity index (χ1) is 12.9. The van der Waals surface area contributed by atoms with Crippen molar-refractivity contribution in [3.8, 4) is 5.75 Å². The Bertz CT molecular complexity index is 1050. The fourth-order valence-electron chi connectivity index (χ4n) is 2.80. The SMILES string of the molecule is CC(=O)Nc1ccccc1C=Cc1ccc2c(C)ccc(OC(C)=O)c2n1. The van der Waals surface area contributed by atoms with Gasteiger partial charge in [-0.25, -0.2) is 4.98 Å². The van der Waals surface area contributed by atoms with Crippen LogP contribution in [0.4, 0.5) is 5.69 Å². The van der Waals surface area contributed by atoms with Gasteiger partial charge in [0, 0.05) is 24.9 Å². The lowest BCUT2D eigenvalue weighted by molar-refractivity contribution is -0.131. The van der Waals surface area contributed by atoms with Crippen molar-refractivity contribution in [3.05, 3.63) is 65.4 Å². The van der Waals surface area contributed by atoms with E-state index in [2.05, 4.69) is 10.3 Å². The number of carbonyl (C=O) groups is 2. The number of hydrogen-bond acceptors (Lipinski definition) is 4. The lowest BCUT2D eigenvalue weighted by atomic mass is 10.1. The molecule has 5 nitrogen and oxygen atoms in total. The van der Waals surface area contributed by atoms with Crippen LogP contribution in [0.15, 0.2) is 48.5 Å². The summed E-state index contributed by atoms with van der Waals surface area (Å²) in [7, 11) is 0. The molecule has 27 heavy (non-hydrogen) atoms. The molecule has 1 aromatic heterocycles. The fourth-order valence-corrected chi connectivity index (χ4v) is 2.80. The monoisotopic (exact) mass is 360 g/mol. The van der Waals surface area contributed by atoms with Crippen molar-refractivity contribution >= 4 is 40.6 Å². The summed E-state index contributed by atoms with van der Waals surface area (Å²) in [5.74, 6) is -0.0645. The van der Waals surface area contributed by atoms with Gasteiger partial charge < -0.3 is 10.1 Å². The Kier molecular flexibility index (Phi) is 5.31. The topological polar surface area (TPSA) is 68.3 Å². The third-order valence-electron chi connectivity index (χ3n) is 4.02. The number of aromatic nitrogens is 1. The molecule has 0 saturated heterocycles. The number of aryl methyl sites for hydroxylation is 1. The molecule has 0 spiro atoms. The maximum atomic E-state index is 11.4. The van der Waals surface area contributed by atoms with Crippen LogP contribution in [0.25, 0.3) is 23.1 Å². The Morgan fingerprint density at radius 2 is 1.78 bits per heavy atom. The zero-order valence-corrected chi connectivity index (χ0v) is 15.4. The lowest BCUT2D eigenvalue weighted by Crippen LogP contribution is -2.06. The first-order valence-corrected chi connectivity index (χ1v) is 8.57. The van der Waals surface area contributed by atoms with Crippen molar-refractivity contribution < 1.29 is 14.3 Å². The Balaban J connectivity index is 2.00. The minimum absolute atomic E-state index is 0.124. The van der Waals surface area contributed by atoms with E-state index < -0.39 is 0 Å². The molecule has 0 radical (unpaired) electrons. The summed E-state index contributed by atoms with van der Waals surface area (Å²) >= 11 is 0. The molecule has 3 aromatic rings. The van der Waals surface area contributed by atoms with Gasteiger partial charge in [-0.1, -0.05) is 36.4 Å². The number of hydrogen-bond donors (Lipinski definition) is 1. The van der Waals surface area contributed by atoms with Gasteiger partial charge in [0.2, 0.25) is 5.91 Å².